The van der Waals surface area contributed by atoms with Gasteiger partial charge in [-0.1, -0.05) is 32.0 Å². The maximum absolute atomic E-state index is 13.1. The number of nitrogens with zero attached hydrogens (tertiary/aromatic N) is 2. The number of Topliss-reactive ketones (excluding diaryl/α,β-unsaturated/α-hetero) is 1. The highest BCUT2D eigenvalue weighted by Gasteiger charge is 2.43. The monoisotopic (exact) mass is 316 g/mol. The number of fused-ring (bicyclic) bond motifs is 3. The Morgan fingerprint density at radius 1 is 1.21 bits per heavy atom. The number of allylic oxidation sites excluding steroid dienone is 2. The van der Waals surface area contributed by atoms with Gasteiger partial charge in [0.05, 0.1) is 19.4 Å². The number of carbonyl (C=O) groups excluding carboxylic acids is 1. The number of ether oxygens (including phenoxy) is 1. The Bertz CT molecular complexity index is 978. The van der Waals surface area contributed by atoms with Crippen molar-refractivity contribution in [2.24, 2.45) is 0 Å². The molecule has 2 aliphatic rings. The summed E-state index contributed by atoms with van der Waals surface area (Å²) in [6.07, 6.45) is 0.686. The Morgan fingerprint density at radius 3 is 2.67 bits per heavy atom. The van der Waals surface area contributed by atoms with Gasteiger partial charge in [0.2, 0.25) is 5.88 Å². The first kappa shape index (κ1) is 14.6. The second kappa shape index (κ2) is 4.78. The molecule has 0 N–H and O–H groups in total. The summed E-state index contributed by atoms with van der Waals surface area (Å²) in [5, 5.41) is 0. The van der Waals surface area contributed by atoms with Crippen LogP contribution in [-0.4, -0.2) is 17.9 Å². The molecule has 0 saturated heterocycles. The van der Waals surface area contributed by atoms with Crippen LogP contribution in [-0.2, 0) is 11.8 Å². The van der Waals surface area contributed by atoms with Crippen LogP contribution in [0, 0.1) is 6.57 Å². The lowest BCUT2D eigenvalue weighted by molar-refractivity contribution is 0.105. The SMILES string of the molecule is [C-]#[N+]c1ccc2c(c1)CC1=C2C(=O)c2ccc(OC)nc2C1(C)C. The molecule has 118 valence electrons. The summed E-state index contributed by atoms with van der Waals surface area (Å²) in [6.45, 7) is 11.4. The van der Waals surface area contributed by atoms with Crippen LogP contribution in [0.15, 0.2) is 35.9 Å². The van der Waals surface area contributed by atoms with Gasteiger partial charge in [-0.3, -0.25) is 4.79 Å². The molecule has 1 aromatic heterocycles. The van der Waals surface area contributed by atoms with E-state index in [9.17, 15) is 4.79 Å². The van der Waals surface area contributed by atoms with Gasteiger partial charge in [-0.25, -0.2) is 9.83 Å². The van der Waals surface area contributed by atoms with Gasteiger partial charge in [0.25, 0.3) is 0 Å². The number of carbonyl (C=O) groups is 1. The fourth-order valence-corrected chi connectivity index (χ4v) is 3.77. The van der Waals surface area contributed by atoms with Gasteiger partial charge < -0.3 is 4.74 Å². The van der Waals surface area contributed by atoms with E-state index < -0.39 is 0 Å². The second-order valence-corrected chi connectivity index (χ2v) is 6.69. The van der Waals surface area contributed by atoms with Crippen molar-refractivity contribution in [1.82, 2.24) is 4.98 Å². The molecular weight excluding hydrogens is 300 g/mol. The van der Waals surface area contributed by atoms with E-state index in [4.69, 9.17) is 11.3 Å². The number of methoxy groups -OCH3 is 1. The number of benzene rings is 1. The minimum atomic E-state index is -0.357. The van der Waals surface area contributed by atoms with E-state index in [-0.39, 0.29) is 11.2 Å². The number of ketones is 1. The molecule has 0 fully saturated rings. The molecule has 4 rings (SSSR count). The molecule has 0 saturated carbocycles. The van der Waals surface area contributed by atoms with Gasteiger partial charge in [0, 0.05) is 22.6 Å². The largest absolute Gasteiger partial charge is 0.481 e. The van der Waals surface area contributed by atoms with E-state index in [1.54, 1.807) is 25.3 Å². The maximum Gasteiger partial charge on any atom is 0.213 e. The van der Waals surface area contributed by atoms with Crippen LogP contribution in [0.2, 0.25) is 0 Å². The summed E-state index contributed by atoms with van der Waals surface area (Å²) in [5.41, 5.74) is 5.53. The van der Waals surface area contributed by atoms with Gasteiger partial charge in [-0.2, -0.15) is 0 Å². The lowest BCUT2D eigenvalue weighted by atomic mass is 9.71. The maximum atomic E-state index is 13.1. The Balaban J connectivity index is 1.94. The molecule has 0 atom stereocenters. The summed E-state index contributed by atoms with van der Waals surface area (Å²) in [5.74, 6) is 0.535. The summed E-state index contributed by atoms with van der Waals surface area (Å²) in [6, 6.07) is 9.12. The molecule has 2 aromatic rings. The molecule has 2 aliphatic carbocycles. The quantitative estimate of drug-likeness (QED) is 0.743. The number of hydrogen-bond acceptors (Lipinski definition) is 3. The van der Waals surface area contributed by atoms with Crippen molar-refractivity contribution in [1.29, 1.82) is 0 Å². The average molecular weight is 316 g/mol. The molecule has 24 heavy (non-hydrogen) atoms. The van der Waals surface area contributed by atoms with E-state index in [0.29, 0.717) is 23.6 Å². The third kappa shape index (κ3) is 1.78. The van der Waals surface area contributed by atoms with E-state index in [0.717, 1.165) is 28.0 Å². The number of pyridine rings is 1. The highest BCUT2D eigenvalue weighted by molar-refractivity contribution is 6.32. The summed E-state index contributed by atoms with van der Waals surface area (Å²) in [7, 11) is 1.58. The Hall–Kier alpha value is -2.93. The Kier molecular flexibility index (Phi) is 2.92. The average Bonchev–Trinajstić information content (AvgIpc) is 2.99. The second-order valence-electron chi connectivity index (χ2n) is 6.69. The molecule has 0 aliphatic heterocycles. The highest BCUT2D eigenvalue weighted by Crippen LogP contribution is 2.49. The van der Waals surface area contributed by atoms with Crippen molar-refractivity contribution in [3.8, 4) is 5.88 Å². The molecule has 0 unspecified atom stereocenters. The normalized spacial score (nSPS) is 17.0. The minimum Gasteiger partial charge on any atom is -0.481 e. The summed E-state index contributed by atoms with van der Waals surface area (Å²) in [4.78, 5) is 21.2. The van der Waals surface area contributed by atoms with Gasteiger partial charge in [-0.05, 0) is 29.2 Å². The van der Waals surface area contributed by atoms with Crippen LogP contribution >= 0.6 is 0 Å². The van der Waals surface area contributed by atoms with Crippen LogP contribution in [0.5, 0.6) is 5.88 Å². The van der Waals surface area contributed by atoms with E-state index in [1.807, 2.05) is 12.1 Å². The number of aromatic nitrogens is 1. The van der Waals surface area contributed by atoms with Crippen molar-refractivity contribution in [2.75, 3.05) is 7.11 Å². The molecule has 0 amide bonds. The Morgan fingerprint density at radius 2 is 1.96 bits per heavy atom. The van der Waals surface area contributed by atoms with Crippen molar-refractivity contribution < 1.29 is 9.53 Å². The predicted molar refractivity (Wildman–Crippen MR) is 91.5 cm³/mol. The Labute approximate surface area is 140 Å². The molecule has 4 nitrogen and oxygen atoms in total. The zero-order valence-corrected chi connectivity index (χ0v) is 13.8. The fourth-order valence-electron chi connectivity index (χ4n) is 3.77. The fraction of sp³-hybridized carbons (Fsp3) is 0.250. The zero-order chi connectivity index (χ0) is 17.1. The smallest absolute Gasteiger partial charge is 0.213 e. The van der Waals surface area contributed by atoms with E-state index in [1.165, 1.54) is 0 Å². The zero-order valence-electron chi connectivity index (χ0n) is 13.8. The molecule has 1 heterocycles. The molecule has 0 spiro atoms. The molecule has 1 aromatic carbocycles. The third-order valence-corrected chi connectivity index (χ3v) is 5.05. The van der Waals surface area contributed by atoms with Crippen molar-refractivity contribution >= 4 is 17.0 Å². The van der Waals surface area contributed by atoms with Crippen molar-refractivity contribution in [2.45, 2.75) is 25.7 Å². The molecule has 0 radical (unpaired) electrons. The van der Waals surface area contributed by atoms with Crippen LogP contribution in [0.25, 0.3) is 10.4 Å². The van der Waals surface area contributed by atoms with Gasteiger partial charge in [0.15, 0.2) is 11.5 Å². The van der Waals surface area contributed by atoms with Crippen molar-refractivity contribution in [3.05, 3.63) is 69.7 Å². The van der Waals surface area contributed by atoms with Gasteiger partial charge in [0.1, 0.15) is 0 Å². The van der Waals surface area contributed by atoms with Gasteiger partial charge in [-0.15, -0.1) is 0 Å². The van der Waals surface area contributed by atoms with Crippen LogP contribution in [0.3, 0.4) is 0 Å². The third-order valence-electron chi connectivity index (χ3n) is 5.05. The van der Waals surface area contributed by atoms with Gasteiger partial charge >= 0.3 is 0 Å². The van der Waals surface area contributed by atoms with Crippen LogP contribution in [0.4, 0.5) is 5.69 Å². The molecular formula is C20H16N2O2. The first-order valence-electron chi connectivity index (χ1n) is 7.82. The highest BCUT2D eigenvalue weighted by atomic mass is 16.5. The van der Waals surface area contributed by atoms with E-state index in [2.05, 4.69) is 23.7 Å². The van der Waals surface area contributed by atoms with Crippen molar-refractivity contribution in [3.63, 3.8) is 0 Å². The van der Waals surface area contributed by atoms with Crippen LogP contribution in [0.1, 0.15) is 41.0 Å². The lowest BCUT2D eigenvalue weighted by Gasteiger charge is -2.33. The number of hydrogen-bond donors (Lipinski definition) is 0. The molecule has 4 heteroatoms. The first-order valence-corrected chi connectivity index (χ1v) is 7.82. The predicted octanol–water partition coefficient (Wildman–Crippen LogP) is 4.12. The summed E-state index contributed by atoms with van der Waals surface area (Å²) < 4.78 is 5.24. The molecule has 0 bridgehead atoms. The lowest BCUT2D eigenvalue weighted by Crippen LogP contribution is -2.31. The number of rotatable bonds is 1. The standard InChI is InChI=1S/C20H16N2O2/c1-20(2)15-10-11-9-12(21-3)5-6-13(11)17(15)18(23)14-7-8-16(24-4)22-19(14)20/h5-9H,10H2,1-2,4H3. The topological polar surface area (TPSA) is 43.5 Å². The van der Waals surface area contributed by atoms with E-state index >= 15 is 0 Å². The minimum absolute atomic E-state index is 0.0174. The van der Waals surface area contributed by atoms with Crippen LogP contribution < -0.4 is 4.74 Å². The first-order chi connectivity index (χ1) is 11.5. The summed E-state index contributed by atoms with van der Waals surface area (Å²) >= 11 is 0.